The second-order valence-electron chi connectivity index (χ2n) is 6.55. The first-order chi connectivity index (χ1) is 13.1. The van der Waals surface area contributed by atoms with E-state index in [0.717, 1.165) is 28.7 Å². The summed E-state index contributed by atoms with van der Waals surface area (Å²) in [6.45, 7) is 5.71. The molecule has 1 aliphatic rings. The Hall–Kier alpha value is -2.19. The lowest BCUT2D eigenvalue weighted by Crippen LogP contribution is -2.40. The normalized spacial score (nSPS) is 15.4. The van der Waals surface area contributed by atoms with Gasteiger partial charge in [0, 0.05) is 42.8 Å². The van der Waals surface area contributed by atoms with Gasteiger partial charge in [0.05, 0.1) is 12.2 Å². The zero-order valence-electron chi connectivity index (χ0n) is 15.4. The summed E-state index contributed by atoms with van der Waals surface area (Å²) in [6, 6.07) is 9.61. The van der Waals surface area contributed by atoms with E-state index >= 15 is 0 Å². The lowest BCUT2D eigenvalue weighted by molar-refractivity contribution is -0.122. The van der Waals surface area contributed by atoms with Gasteiger partial charge in [0.2, 0.25) is 5.91 Å². The summed E-state index contributed by atoms with van der Waals surface area (Å²) in [7, 11) is 0. The van der Waals surface area contributed by atoms with Crippen LogP contribution in [0.15, 0.2) is 34.8 Å². The van der Waals surface area contributed by atoms with Crippen LogP contribution in [-0.2, 0) is 4.79 Å². The maximum atomic E-state index is 12.8. The van der Waals surface area contributed by atoms with Crippen molar-refractivity contribution in [1.82, 2.24) is 25.3 Å². The molecule has 0 atom stereocenters. The van der Waals surface area contributed by atoms with Crippen LogP contribution in [-0.4, -0.2) is 71.1 Å². The van der Waals surface area contributed by atoms with Gasteiger partial charge in [0.1, 0.15) is 5.69 Å². The van der Waals surface area contributed by atoms with Gasteiger partial charge in [-0.2, -0.15) is 5.10 Å². The van der Waals surface area contributed by atoms with Crippen molar-refractivity contribution >= 4 is 27.7 Å². The van der Waals surface area contributed by atoms with Crippen LogP contribution in [0.4, 0.5) is 0 Å². The van der Waals surface area contributed by atoms with Gasteiger partial charge in [-0.25, -0.2) is 0 Å². The van der Waals surface area contributed by atoms with E-state index in [2.05, 4.69) is 36.3 Å². The number of nitrogens with zero attached hydrogens (tertiary/aromatic N) is 3. The molecule has 0 saturated carbocycles. The fraction of sp³-hybridized carbons (Fsp3) is 0.421. The number of carbonyl (C=O) groups is 2. The number of aromatic nitrogens is 2. The Morgan fingerprint density at radius 3 is 2.70 bits per heavy atom. The summed E-state index contributed by atoms with van der Waals surface area (Å²) >= 11 is 3.42. The molecule has 2 aromatic rings. The van der Waals surface area contributed by atoms with Crippen molar-refractivity contribution in [3.05, 3.63) is 40.5 Å². The summed E-state index contributed by atoms with van der Waals surface area (Å²) in [6.07, 6.45) is 0.846. The Kier molecular flexibility index (Phi) is 6.63. The first-order valence-corrected chi connectivity index (χ1v) is 9.96. The van der Waals surface area contributed by atoms with E-state index in [9.17, 15) is 9.59 Å². The SMILES string of the molecule is CCNC(=O)CN1CCCN(C(=O)c2cc(-c3ccc(Br)cc3)n[nH]2)CC1. The van der Waals surface area contributed by atoms with Crippen molar-refractivity contribution in [2.75, 3.05) is 39.3 Å². The minimum absolute atomic E-state index is 0.0324. The third-order valence-electron chi connectivity index (χ3n) is 4.57. The van der Waals surface area contributed by atoms with E-state index in [1.807, 2.05) is 36.1 Å². The monoisotopic (exact) mass is 433 g/mol. The number of aromatic amines is 1. The van der Waals surface area contributed by atoms with Crippen molar-refractivity contribution in [3.8, 4) is 11.3 Å². The first-order valence-electron chi connectivity index (χ1n) is 9.16. The van der Waals surface area contributed by atoms with Crippen LogP contribution in [0.5, 0.6) is 0 Å². The third kappa shape index (κ3) is 5.17. The summed E-state index contributed by atoms with van der Waals surface area (Å²) in [5, 5.41) is 9.96. The summed E-state index contributed by atoms with van der Waals surface area (Å²) in [4.78, 5) is 28.5. The topological polar surface area (TPSA) is 81.3 Å². The average Bonchev–Trinajstić information content (AvgIpc) is 3.03. The molecular formula is C19H24BrN5O2. The lowest BCUT2D eigenvalue weighted by Gasteiger charge is -2.21. The van der Waals surface area contributed by atoms with Crippen molar-refractivity contribution < 1.29 is 9.59 Å². The number of nitrogens with one attached hydrogen (secondary N) is 2. The van der Waals surface area contributed by atoms with Gasteiger partial charge in [0.15, 0.2) is 0 Å². The maximum Gasteiger partial charge on any atom is 0.271 e. The molecule has 7 nitrogen and oxygen atoms in total. The lowest BCUT2D eigenvalue weighted by atomic mass is 10.1. The Morgan fingerprint density at radius 1 is 1.19 bits per heavy atom. The van der Waals surface area contributed by atoms with Crippen molar-refractivity contribution in [2.24, 2.45) is 0 Å². The molecule has 3 rings (SSSR count). The molecule has 0 unspecified atom stereocenters. The van der Waals surface area contributed by atoms with Gasteiger partial charge in [-0.1, -0.05) is 28.1 Å². The highest BCUT2D eigenvalue weighted by Gasteiger charge is 2.22. The summed E-state index contributed by atoms with van der Waals surface area (Å²) in [5.41, 5.74) is 2.20. The van der Waals surface area contributed by atoms with Crippen LogP contribution < -0.4 is 5.32 Å². The van der Waals surface area contributed by atoms with Crippen LogP contribution >= 0.6 is 15.9 Å². The number of amides is 2. The Morgan fingerprint density at radius 2 is 1.96 bits per heavy atom. The Balaban J connectivity index is 1.61. The van der Waals surface area contributed by atoms with E-state index in [1.165, 1.54) is 0 Å². The maximum absolute atomic E-state index is 12.8. The molecule has 1 aliphatic heterocycles. The molecule has 0 aliphatic carbocycles. The number of hydrogen-bond donors (Lipinski definition) is 2. The molecule has 2 amide bonds. The minimum Gasteiger partial charge on any atom is -0.355 e. The molecule has 2 N–H and O–H groups in total. The fourth-order valence-electron chi connectivity index (χ4n) is 3.16. The van der Waals surface area contributed by atoms with Crippen LogP contribution in [0, 0.1) is 0 Å². The Labute approximate surface area is 167 Å². The molecule has 1 saturated heterocycles. The second-order valence-corrected chi connectivity index (χ2v) is 7.46. The number of hydrogen-bond acceptors (Lipinski definition) is 4. The van der Waals surface area contributed by atoms with E-state index < -0.39 is 0 Å². The highest BCUT2D eigenvalue weighted by molar-refractivity contribution is 9.10. The second kappa shape index (κ2) is 9.14. The predicted molar refractivity (Wildman–Crippen MR) is 107 cm³/mol. The molecule has 0 bridgehead atoms. The third-order valence-corrected chi connectivity index (χ3v) is 5.09. The molecule has 1 aromatic carbocycles. The quantitative estimate of drug-likeness (QED) is 0.756. The Bertz CT molecular complexity index is 790. The molecular weight excluding hydrogens is 410 g/mol. The highest BCUT2D eigenvalue weighted by atomic mass is 79.9. The van der Waals surface area contributed by atoms with E-state index in [4.69, 9.17) is 0 Å². The molecule has 2 heterocycles. The van der Waals surface area contributed by atoms with Gasteiger partial charge in [-0.15, -0.1) is 0 Å². The van der Waals surface area contributed by atoms with Gasteiger partial charge in [-0.3, -0.25) is 19.6 Å². The number of benzene rings is 1. The number of carbonyl (C=O) groups excluding carboxylic acids is 2. The minimum atomic E-state index is -0.0503. The van der Waals surface area contributed by atoms with Gasteiger partial charge in [-0.05, 0) is 31.5 Å². The molecule has 8 heteroatoms. The number of H-pyrrole nitrogens is 1. The molecule has 0 spiro atoms. The van der Waals surface area contributed by atoms with Crippen LogP contribution in [0.25, 0.3) is 11.3 Å². The first kappa shape index (κ1) is 19.6. The highest BCUT2D eigenvalue weighted by Crippen LogP contribution is 2.21. The van der Waals surface area contributed by atoms with Gasteiger partial charge < -0.3 is 10.2 Å². The van der Waals surface area contributed by atoms with Crippen molar-refractivity contribution in [3.63, 3.8) is 0 Å². The number of likely N-dealkylation sites (N-methyl/N-ethyl adjacent to an activating group) is 1. The van der Waals surface area contributed by atoms with E-state index in [0.29, 0.717) is 38.4 Å². The van der Waals surface area contributed by atoms with E-state index in [-0.39, 0.29) is 11.8 Å². The smallest absolute Gasteiger partial charge is 0.271 e. The number of halogens is 1. The van der Waals surface area contributed by atoms with Gasteiger partial charge >= 0.3 is 0 Å². The predicted octanol–water partition coefficient (Wildman–Crippen LogP) is 2.12. The molecule has 27 heavy (non-hydrogen) atoms. The molecule has 144 valence electrons. The molecule has 0 radical (unpaired) electrons. The van der Waals surface area contributed by atoms with Crippen LogP contribution in [0.2, 0.25) is 0 Å². The van der Waals surface area contributed by atoms with E-state index in [1.54, 1.807) is 6.07 Å². The zero-order chi connectivity index (χ0) is 19.2. The van der Waals surface area contributed by atoms with Gasteiger partial charge in [0.25, 0.3) is 5.91 Å². The summed E-state index contributed by atoms with van der Waals surface area (Å²) in [5.74, 6) is -0.0179. The van der Waals surface area contributed by atoms with Crippen LogP contribution in [0.3, 0.4) is 0 Å². The average molecular weight is 434 g/mol. The van der Waals surface area contributed by atoms with Crippen LogP contribution in [0.1, 0.15) is 23.8 Å². The molecule has 1 aromatic heterocycles. The molecule has 1 fully saturated rings. The van der Waals surface area contributed by atoms with Crippen molar-refractivity contribution in [1.29, 1.82) is 0 Å². The standard InChI is InChI=1S/C19H24BrN5O2/c1-2-21-18(26)13-24-8-3-9-25(11-10-24)19(27)17-12-16(22-23-17)14-4-6-15(20)7-5-14/h4-7,12H,2-3,8-11,13H2,1H3,(H,21,26)(H,22,23). The summed E-state index contributed by atoms with van der Waals surface area (Å²) < 4.78 is 1.000. The van der Waals surface area contributed by atoms with Crippen molar-refractivity contribution in [2.45, 2.75) is 13.3 Å². The largest absolute Gasteiger partial charge is 0.355 e. The fourth-order valence-corrected chi connectivity index (χ4v) is 3.42. The zero-order valence-corrected chi connectivity index (χ0v) is 17.0. The number of rotatable bonds is 5.